The lowest BCUT2D eigenvalue weighted by Crippen LogP contribution is -1.94. The van der Waals surface area contributed by atoms with Crippen molar-refractivity contribution >= 4 is 12.1 Å². The summed E-state index contributed by atoms with van der Waals surface area (Å²) < 4.78 is 0. The summed E-state index contributed by atoms with van der Waals surface area (Å²) in [6.45, 7) is 0. The highest BCUT2D eigenvalue weighted by atomic mass is 16.1. The van der Waals surface area contributed by atoms with E-state index in [1.165, 1.54) is 24.0 Å². The SMILES string of the molecule is O=[C]Nc1ccc2c(c1)CCC2. The van der Waals surface area contributed by atoms with Crippen LogP contribution >= 0.6 is 0 Å². The Morgan fingerprint density at radius 1 is 1.25 bits per heavy atom. The molecule has 0 unspecified atom stereocenters. The number of hydrogen-bond donors (Lipinski definition) is 1. The van der Waals surface area contributed by atoms with Gasteiger partial charge >= 0.3 is 6.41 Å². The average molecular weight is 160 g/mol. The molecule has 2 rings (SSSR count). The van der Waals surface area contributed by atoms with Gasteiger partial charge < -0.3 is 5.32 Å². The van der Waals surface area contributed by atoms with Crippen molar-refractivity contribution in [2.75, 3.05) is 5.32 Å². The zero-order valence-electron chi connectivity index (χ0n) is 6.76. The van der Waals surface area contributed by atoms with E-state index in [1.54, 1.807) is 6.41 Å². The molecule has 1 aromatic rings. The molecular weight excluding hydrogens is 150 g/mol. The summed E-state index contributed by atoms with van der Waals surface area (Å²) in [6, 6.07) is 6.05. The summed E-state index contributed by atoms with van der Waals surface area (Å²) in [5.74, 6) is 0. The van der Waals surface area contributed by atoms with E-state index in [0.717, 1.165) is 12.1 Å². The van der Waals surface area contributed by atoms with Gasteiger partial charge in [-0.15, -0.1) is 0 Å². The van der Waals surface area contributed by atoms with Crippen LogP contribution in [0.5, 0.6) is 0 Å². The van der Waals surface area contributed by atoms with Crippen molar-refractivity contribution in [1.82, 2.24) is 0 Å². The van der Waals surface area contributed by atoms with Crippen LogP contribution in [0.15, 0.2) is 18.2 Å². The third-order valence-corrected chi connectivity index (χ3v) is 2.29. The van der Waals surface area contributed by atoms with Gasteiger partial charge in [-0.3, -0.25) is 4.79 Å². The first kappa shape index (κ1) is 7.35. The van der Waals surface area contributed by atoms with Gasteiger partial charge in [0.15, 0.2) is 0 Å². The molecule has 1 aliphatic carbocycles. The van der Waals surface area contributed by atoms with Crippen molar-refractivity contribution < 1.29 is 4.79 Å². The van der Waals surface area contributed by atoms with Crippen LogP contribution in [0.25, 0.3) is 0 Å². The van der Waals surface area contributed by atoms with Gasteiger partial charge in [-0.2, -0.15) is 0 Å². The first-order valence-electron chi connectivity index (χ1n) is 4.15. The second kappa shape index (κ2) is 2.97. The first-order valence-corrected chi connectivity index (χ1v) is 4.15. The molecule has 12 heavy (non-hydrogen) atoms. The highest BCUT2D eigenvalue weighted by Crippen LogP contribution is 2.24. The van der Waals surface area contributed by atoms with E-state index in [9.17, 15) is 4.79 Å². The van der Waals surface area contributed by atoms with Gasteiger partial charge in [0, 0.05) is 5.69 Å². The van der Waals surface area contributed by atoms with E-state index in [4.69, 9.17) is 0 Å². The van der Waals surface area contributed by atoms with Crippen LogP contribution in [-0.2, 0) is 17.6 Å². The number of amides is 1. The fourth-order valence-electron chi connectivity index (χ4n) is 1.71. The van der Waals surface area contributed by atoms with Crippen LogP contribution in [0.3, 0.4) is 0 Å². The summed E-state index contributed by atoms with van der Waals surface area (Å²) in [4.78, 5) is 10.0. The third-order valence-electron chi connectivity index (χ3n) is 2.29. The molecule has 2 nitrogen and oxygen atoms in total. The quantitative estimate of drug-likeness (QED) is 0.655. The lowest BCUT2D eigenvalue weighted by molar-refractivity contribution is 0.561. The number of aryl methyl sites for hydroxylation is 2. The van der Waals surface area contributed by atoms with E-state index in [1.807, 2.05) is 12.1 Å². The van der Waals surface area contributed by atoms with Gasteiger partial charge in [-0.1, -0.05) is 6.07 Å². The van der Waals surface area contributed by atoms with Crippen LogP contribution in [-0.4, -0.2) is 6.41 Å². The van der Waals surface area contributed by atoms with Crippen molar-refractivity contribution in [3.05, 3.63) is 29.3 Å². The highest BCUT2D eigenvalue weighted by molar-refractivity contribution is 5.72. The van der Waals surface area contributed by atoms with Gasteiger partial charge in [0.05, 0.1) is 0 Å². The minimum atomic E-state index is 0.852. The molecule has 1 radical (unpaired) electrons. The molecule has 0 fully saturated rings. The van der Waals surface area contributed by atoms with Crippen LogP contribution in [0, 0.1) is 0 Å². The van der Waals surface area contributed by atoms with Gasteiger partial charge in [0.25, 0.3) is 0 Å². The van der Waals surface area contributed by atoms with Crippen LogP contribution in [0.1, 0.15) is 17.5 Å². The molecule has 0 aliphatic heterocycles. The zero-order valence-corrected chi connectivity index (χ0v) is 6.76. The highest BCUT2D eigenvalue weighted by Gasteiger charge is 2.10. The molecular formula is C10H10NO. The maximum absolute atomic E-state index is 10.0. The Balaban J connectivity index is 2.32. The molecule has 0 aromatic heterocycles. The van der Waals surface area contributed by atoms with E-state index in [-0.39, 0.29) is 0 Å². The number of carbonyl (C=O) groups excluding carboxylic acids is 1. The second-order valence-corrected chi connectivity index (χ2v) is 3.06. The predicted molar refractivity (Wildman–Crippen MR) is 47.8 cm³/mol. The molecule has 1 amide bonds. The topological polar surface area (TPSA) is 29.1 Å². The Labute approximate surface area is 71.6 Å². The Bertz CT molecular complexity index is 307. The fourth-order valence-corrected chi connectivity index (χ4v) is 1.71. The van der Waals surface area contributed by atoms with Crippen molar-refractivity contribution in [2.24, 2.45) is 0 Å². The van der Waals surface area contributed by atoms with Crippen LogP contribution < -0.4 is 5.32 Å². The molecule has 61 valence electrons. The number of hydrogen-bond acceptors (Lipinski definition) is 1. The number of fused-ring (bicyclic) bond motifs is 1. The molecule has 0 bridgehead atoms. The van der Waals surface area contributed by atoms with Crippen LogP contribution in [0.2, 0.25) is 0 Å². The smallest absolute Gasteiger partial charge is 0.314 e. The van der Waals surface area contributed by atoms with E-state index < -0.39 is 0 Å². The number of nitrogens with one attached hydrogen (secondary N) is 1. The summed E-state index contributed by atoms with van der Waals surface area (Å²) in [6.07, 6.45) is 5.24. The van der Waals surface area contributed by atoms with Crippen molar-refractivity contribution in [3.8, 4) is 0 Å². The fraction of sp³-hybridized carbons (Fsp3) is 0.300. The summed E-state index contributed by atoms with van der Waals surface area (Å²) in [7, 11) is 0. The van der Waals surface area contributed by atoms with Crippen LogP contribution in [0.4, 0.5) is 5.69 Å². The molecule has 0 atom stereocenters. The lowest BCUT2D eigenvalue weighted by Gasteiger charge is -2.01. The minimum absolute atomic E-state index is 0.852. The molecule has 0 saturated heterocycles. The van der Waals surface area contributed by atoms with E-state index in [2.05, 4.69) is 11.4 Å². The van der Waals surface area contributed by atoms with Crippen molar-refractivity contribution in [2.45, 2.75) is 19.3 Å². The molecule has 0 spiro atoms. The minimum Gasteiger partial charge on any atom is -0.318 e. The molecule has 1 N–H and O–H groups in total. The molecule has 1 aromatic carbocycles. The van der Waals surface area contributed by atoms with Gasteiger partial charge in [0.2, 0.25) is 0 Å². The van der Waals surface area contributed by atoms with Gasteiger partial charge in [-0.05, 0) is 42.5 Å². The lowest BCUT2D eigenvalue weighted by atomic mass is 10.1. The predicted octanol–water partition coefficient (Wildman–Crippen LogP) is 1.65. The normalized spacial score (nSPS) is 14.0. The number of anilines is 1. The Hall–Kier alpha value is -1.31. The first-order chi connectivity index (χ1) is 5.90. The molecule has 1 aliphatic rings. The Morgan fingerprint density at radius 3 is 2.92 bits per heavy atom. The molecule has 2 heteroatoms. The summed E-state index contributed by atoms with van der Waals surface area (Å²) in [5, 5.41) is 2.53. The summed E-state index contributed by atoms with van der Waals surface area (Å²) >= 11 is 0. The average Bonchev–Trinajstić information content (AvgIpc) is 2.51. The maximum atomic E-state index is 10.0. The zero-order chi connectivity index (χ0) is 8.39. The Morgan fingerprint density at radius 2 is 2.08 bits per heavy atom. The van der Waals surface area contributed by atoms with Crippen molar-refractivity contribution in [1.29, 1.82) is 0 Å². The van der Waals surface area contributed by atoms with Gasteiger partial charge in [-0.25, -0.2) is 0 Å². The van der Waals surface area contributed by atoms with Gasteiger partial charge in [0.1, 0.15) is 0 Å². The largest absolute Gasteiger partial charge is 0.318 e. The third kappa shape index (κ3) is 1.20. The van der Waals surface area contributed by atoms with E-state index >= 15 is 0 Å². The maximum Gasteiger partial charge on any atom is 0.314 e. The number of rotatable bonds is 2. The number of benzene rings is 1. The second-order valence-electron chi connectivity index (χ2n) is 3.06. The molecule has 0 saturated carbocycles. The van der Waals surface area contributed by atoms with Crippen molar-refractivity contribution in [3.63, 3.8) is 0 Å². The van der Waals surface area contributed by atoms with E-state index in [0.29, 0.717) is 0 Å². The molecule has 0 heterocycles. The Kier molecular flexibility index (Phi) is 1.82. The monoisotopic (exact) mass is 160 g/mol. The summed E-state index contributed by atoms with van der Waals surface area (Å²) in [5.41, 5.74) is 3.65. The standard InChI is InChI=1S/C10H10NO/c12-7-11-10-5-4-8-2-1-3-9(8)6-10/h4-6H,1-3H2,(H,11,12).